The van der Waals surface area contributed by atoms with Crippen LogP contribution in [-0.4, -0.2) is 172 Å². The number of fused-ring (bicyclic) bond motifs is 5. The molecule has 4 heterocycles. The van der Waals surface area contributed by atoms with Gasteiger partial charge in [0, 0.05) is 57.2 Å². The first-order chi connectivity index (χ1) is 30.2. The van der Waals surface area contributed by atoms with Gasteiger partial charge in [-0.15, -0.1) is 0 Å². The SMILES string of the molecule is CO[C@H]1C[C@H](O[C@H]2CC[C@@]3(C)C(=CC[C@]4(O)[C@@H]3C[C@@H](O)[C@]3(C)[C@@H](C(C)=O)CC[C@@]34O)C2)O[C@H](C)[C@H]1O[C@H]1C[C@H](O)[C@H](O[C@H]2C[C@H](O)[C@H](O[C@H]3C[C@@H](OC)[C@H](O)[C@@H](C)O3)[C@@H](C)O2)[C@@H](C)O1. The maximum Gasteiger partial charge on any atom is 0.161 e. The van der Waals surface area contributed by atoms with E-state index in [1.807, 2.05) is 6.92 Å². The lowest BCUT2D eigenvalue weighted by Crippen LogP contribution is -2.75. The average Bonchev–Trinajstić information content (AvgIpc) is 3.53. The molecule has 0 amide bonds. The zero-order valence-electron chi connectivity index (χ0n) is 39.1. The number of carbonyl (C=O) groups excluding carboxylic acids is 1. The Morgan fingerprint density at radius 1 is 0.672 bits per heavy atom. The number of carbonyl (C=O) groups is 1. The summed E-state index contributed by atoms with van der Waals surface area (Å²) in [5.41, 5.74) is -3.50. The molecule has 0 aromatic carbocycles. The van der Waals surface area contributed by atoms with Gasteiger partial charge in [-0.05, 0) is 85.0 Å². The zero-order chi connectivity index (χ0) is 46.3. The van der Waals surface area contributed by atoms with Crippen LogP contribution < -0.4 is 0 Å². The summed E-state index contributed by atoms with van der Waals surface area (Å²) in [4.78, 5) is 12.7. The smallest absolute Gasteiger partial charge is 0.161 e. The number of rotatable bonds is 11. The predicted octanol–water partition coefficient (Wildman–Crippen LogP) is 2.55. The molecule has 6 N–H and O–H groups in total. The molecule has 0 bridgehead atoms. The van der Waals surface area contributed by atoms with Crippen LogP contribution in [0.25, 0.3) is 0 Å². The minimum Gasteiger partial charge on any atom is -0.392 e. The highest BCUT2D eigenvalue weighted by Gasteiger charge is 2.76. The van der Waals surface area contributed by atoms with E-state index in [0.717, 1.165) is 5.57 Å². The fourth-order valence-corrected chi connectivity index (χ4v) is 13.6. The third kappa shape index (κ3) is 8.40. The summed E-state index contributed by atoms with van der Waals surface area (Å²) in [7, 11) is 3.15. The third-order valence-corrected chi connectivity index (χ3v) is 17.4. The number of ketones is 1. The van der Waals surface area contributed by atoms with Crippen molar-refractivity contribution in [2.45, 2.75) is 241 Å². The van der Waals surface area contributed by atoms with Crippen molar-refractivity contribution in [1.29, 1.82) is 0 Å². The van der Waals surface area contributed by atoms with Crippen molar-refractivity contribution in [3.63, 3.8) is 0 Å². The lowest BCUT2D eigenvalue weighted by Gasteiger charge is -2.66. The molecule has 7 fully saturated rings. The van der Waals surface area contributed by atoms with Crippen molar-refractivity contribution >= 4 is 5.78 Å². The van der Waals surface area contributed by atoms with Crippen molar-refractivity contribution < 1.29 is 82.8 Å². The number of methoxy groups -OCH3 is 2. The molecule has 64 heavy (non-hydrogen) atoms. The highest BCUT2D eigenvalue weighted by molar-refractivity contribution is 5.80. The molecular formula is C47H76O17. The largest absolute Gasteiger partial charge is 0.392 e. The van der Waals surface area contributed by atoms with Gasteiger partial charge in [0.2, 0.25) is 0 Å². The number of aliphatic hydroxyl groups excluding tert-OH is 4. The van der Waals surface area contributed by atoms with Gasteiger partial charge in [-0.3, -0.25) is 4.79 Å². The van der Waals surface area contributed by atoms with Gasteiger partial charge in [0.05, 0.1) is 61.0 Å². The first kappa shape index (κ1) is 49.2. The summed E-state index contributed by atoms with van der Waals surface area (Å²) < 4.78 is 61.5. The summed E-state index contributed by atoms with van der Waals surface area (Å²) in [6.07, 6.45) is -5.38. The topological polar surface area (TPSA) is 231 Å². The van der Waals surface area contributed by atoms with Crippen molar-refractivity contribution in [2.24, 2.45) is 22.7 Å². The van der Waals surface area contributed by atoms with Gasteiger partial charge in [0.15, 0.2) is 25.2 Å². The zero-order valence-corrected chi connectivity index (χ0v) is 39.1. The van der Waals surface area contributed by atoms with Crippen molar-refractivity contribution in [3.8, 4) is 0 Å². The molecule has 8 rings (SSSR count). The summed E-state index contributed by atoms with van der Waals surface area (Å²) in [6, 6.07) is 0. The average molecular weight is 913 g/mol. The predicted molar refractivity (Wildman–Crippen MR) is 225 cm³/mol. The number of Topliss-reactive ketones (excluding diaryl/α,β-unsaturated/α-hetero) is 1. The van der Waals surface area contributed by atoms with Crippen LogP contribution in [0, 0.1) is 22.7 Å². The summed E-state index contributed by atoms with van der Waals surface area (Å²) >= 11 is 0. The Bertz CT molecular complexity index is 1660. The van der Waals surface area contributed by atoms with E-state index < -0.39 is 132 Å². The van der Waals surface area contributed by atoms with E-state index in [1.54, 1.807) is 34.8 Å². The van der Waals surface area contributed by atoms with Crippen LogP contribution in [0.15, 0.2) is 11.6 Å². The first-order valence-corrected chi connectivity index (χ1v) is 23.8. The molecule has 4 aliphatic carbocycles. The second-order valence-electron chi connectivity index (χ2n) is 20.9. The highest BCUT2D eigenvalue weighted by atomic mass is 16.8. The number of aliphatic hydroxyl groups is 6. The molecule has 0 unspecified atom stereocenters. The fourth-order valence-electron chi connectivity index (χ4n) is 13.6. The Balaban J connectivity index is 0.826. The molecule has 4 saturated heterocycles. The Labute approximate surface area is 377 Å². The molecule has 4 aliphatic heterocycles. The molecule has 0 spiro atoms. The Morgan fingerprint density at radius 2 is 1.19 bits per heavy atom. The maximum atomic E-state index is 12.7. The minimum absolute atomic E-state index is 0.0604. The second kappa shape index (κ2) is 18.6. The number of hydrogen-bond donors (Lipinski definition) is 6. The Kier molecular flexibility index (Phi) is 14.3. The molecule has 3 saturated carbocycles. The standard InChI is InChI=1S/C47H76O17/c1-22(48)29-12-15-47(54)45(29,7)35(51)21-34-44(6)13-11-28(16-27(44)10-14-46(34,47)53)61-38-20-33(56-9)43(26(5)60-38)64-37-18-31(50)41(24(3)59-37)62-36-17-30(49)42(25(4)58-36)63-39-19-32(55-8)40(52)23(2)57-39/h10,23-26,28-43,49-54H,11-21H2,1-9H3/t23-,24-,25-,26-,28+,29-,30+,31+,32-,33+,34-,35-,36+,37+,38+,39+,40-,41-,42-,43-,44+,45+,46+,47-/m1/s1. The number of hydrogen-bond acceptors (Lipinski definition) is 17. The van der Waals surface area contributed by atoms with Gasteiger partial charge in [-0.25, -0.2) is 0 Å². The van der Waals surface area contributed by atoms with E-state index in [2.05, 4.69) is 13.0 Å². The van der Waals surface area contributed by atoms with E-state index in [9.17, 15) is 35.4 Å². The Hall–Kier alpha value is -1.23. The van der Waals surface area contributed by atoms with Crippen LogP contribution in [0.2, 0.25) is 0 Å². The van der Waals surface area contributed by atoms with Gasteiger partial charge in [-0.2, -0.15) is 0 Å². The van der Waals surface area contributed by atoms with Gasteiger partial charge in [0.25, 0.3) is 0 Å². The van der Waals surface area contributed by atoms with Crippen molar-refractivity contribution in [1.82, 2.24) is 0 Å². The minimum atomic E-state index is -1.59. The normalized spacial score (nSPS) is 54.3. The fraction of sp³-hybridized carbons (Fsp3) is 0.936. The van der Waals surface area contributed by atoms with Crippen LogP contribution in [0.4, 0.5) is 0 Å². The van der Waals surface area contributed by atoms with Crippen LogP contribution >= 0.6 is 0 Å². The van der Waals surface area contributed by atoms with Crippen LogP contribution in [0.1, 0.15) is 119 Å². The van der Waals surface area contributed by atoms with Gasteiger partial charge >= 0.3 is 0 Å². The molecular weight excluding hydrogens is 837 g/mol. The van der Waals surface area contributed by atoms with E-state index in [4.69, 9.17) is 47.4 Å². The highest BCUT2D eigenvalue weighted by Crippen LogP contribution is 2.69. The van der Waals surface area contributed by atoms with Crippen molar-refractivity contribution in [3.05, 3.63) is 11.6 Å². The summed E-state index contributed by atoms with van der Waals surface area (Å²) in [6.45, 7) is 12.7. The van der Waals surface area contributed by atoms with Gasteiger partial charge in [-0.1, -0.05) is 25.5 Å². The molecule has 8 aliphatic rings. The van der Waals surface area contributed by atoms with Crippen LogP contribution in [0.3, 0.4) is 0 Å². The molecule has 17 nitrogen and oxygen atoms in total. The second-order valence-corrected chi connectivity index (χ2v) is 20.9. The van der Waals surface area contributed by atoms with Gasteiger partial charge < -0.3 is 78.0 Å². The molecule has 0 aromatic rings. The van der Waals surface area contributed by atoms with E-state index >= 15 is 0 Å². The molecule has 0 aromatic heterocycles. The number of ether oxygens (including phenoxy) is 10. The summed E-state index contributed by atoms with van der Waals surface area (Å²) in [5, 5.41) is 69.3. The van der Waals surface area contributed by atoms with E-state index in [1.165, 1.54) is 14.0 Å². The third-order valence-electron chi connectivity index (χ3n) is 17.4. The Morgan fingerprint density at radius 3 is 1.75 bits per heavy atom. The summed E-state index contributed by atoms with van der Waals surface area (Å²) in [5.74, 6) is -0.952. The quantitative estimate of drug-likeness (QED) is 0.164. The van der Waals surface area contributed by atoms with E-state index in [-0.39, 0.29) is 43.5 Å². The molecule has 366 valence electrons. The monoisotopic (exact) mass is 913 g/mol. The molecule has 0 radical (unpaired) electrons. The maximum absolute atomic E-state index is 12.7. The van der Waals surface area contributed by atoms with Gasteiger partial charge in [0.1, 0.15) is 41.4 Å². The lowest BCUT2D eigenvalue weighted by atomic mass is 9.43. The van der Waals surface area contributed by atoms with Crippen LogP contribution in [-0.2, 0) is 52.2 Å². The first-order valence-electron chi connectivity index (χ1n) is 23.8. The lowest BCUT2D eigenvalue weighted by molar-refractivity contribution is -0.345. The van der Waals surface area contributed by atoms with Crippen LogP contribution in [0.5, 0.6) is 0 Å². The van der Waals surface area contributed by atoms with Crippen molar-refractivity contribution in [2.75, 3.05) is 14.2 Å². The molecule has 17 heteroatoms. The van der Waals surface area contributed by atoms with E-state index in [0.29, 0.717) is 44.9 Å². The molecule has 24 atom stereocenters.